The second-order valence-corrected chi connectivity index (χ2v) is 7.15. The Bertz CT molecular complexity index is 578. The van der Waals surface area contributed by atoms with Crippen LogP contribution in [0.2, 0.25) is 0 Å². The van der Waals surface area contributed by atoms with Crippen molar-refractivity contribution in [2.45, 2.75) is 31.0 Å². The first-order chi connectivity index (χ1) is 10.3. The number of carbonyl (C=O) groups excluding carboxylic acids is 1. The van der Waals surface area contributed by atoms with Crippen LogP contribution in [0.1, 0.15) is 17.7 Å². The fourth-order valence-electron chi connectivity index (χ4n) is 1.96. The molecule has 0 aliphatic heterocycles. The van der Waals surface area contributed by atoms with Gasteiger partial charge in [-0.15, -0.1) is 21.5 Å². The third-order valence-electron chi connectivity index (χ3n) is 3.38. The lowest BCUT2D eigenvalue weighted by Gasteiger charge is -2.06. The van der Waals surface area contributed by atoms with Gasteiger partial charge in [0.2, 0.25) is 5.91 Å². The molecule has 2 aromatic heterocycles. The van der Waals surface area contributed by atoms with E-state index >= 15 is 0 Å². The number of carbonyl (C=O) groups is 1. The van der Waals surface area contributed by atoms with Crippen LogP contribution < -0.4 is 5.32 Å². The Morgan fingerprint density at radius 2 is 2.43 bits per heavy atom. The maximum atomic E-state index is 11.7. The molecule has 112 valence electrons. The summed E-state index contributed by atoms with van der Waals surface area (Å²) < 4.78 is 2.01. The lowest BCUT2D eigenvalue weighted by molar-refractivity contribution is -0.118. The fourth-order valence-corrected chi connectivity index (χ4v) is 3.43. The zero-order valence-corrected chi connectivity index (χ0v) is 13.3. The highest BCUT2D eigenvalue weighted by molar-refractivity contribution is 7.99. The topological polar surface area (TPSA) is 59.8 Å². The van der Waals surface area contributed by atoms with Crippen LogP contribution in [-0.4, -0.2) is 33.0 Å². The molecule has 2 heterocycles. The number of thioether (sulfide) groups is 1. The number of aromatic nitrogens is 3. The Morgan fingerprint density at radius 3 is 3.19 bits per heavy atom. The minimum atomic E-state index is 0.0831. The molecule has 5 nitrogen and oxygen atoms in total. The summed E-state index contributed by atoms with van der Waals surface area (Å²) in [6, 6.07) is 4.19. The zero-order valence-electron chi connectivity index (χ0n) is 11.7. The second kappa shape index (κ2) is 7.09. The van der Waals surface area contributed by atoms with E-state index in [9.17, 15) is 4.79 Å². The molecule has 1 saturated carbocycles. The number of amides is 1. The van der Waals surface area contributed by atoms with Crippen LogP contribution in [0.4, 0.5) is 0 Å². The molecule has 0 spiro atoms. The number of thiophene rings is 1. The highest BCUT2D eigenvalue weighted by Crippen LogP contribution is 2.27. The lowest BCUT2D eigenvalue weighted by Crippen LogP contribution is -2.27. The molecule has 1 aliphatic carbocycles. The van der Waals surface area contributed by atoms with Crippen LogP contribution in [0, 0.1) is 5.92 Å². The molecule has 7 heteroatoms. The predicted molar refractivity (Wildman–Crippen MR) is 84.5 cm³/mol. The van der Waals surface area contributed by atoms with Crippen molar-refractivity contribution < 1.29 is 4.79 Å². The maximum Gasteiger partial charge on any atom is 0.230 e. The zero-order chi connectivity index (χ0) is 14.5. The van der Waals surface area contributed by atoms with E-state index in [0.717, 1.165) is 24.7 Å². The molecule has 1 N–H and O–H groups in total. The number of aryl methyl sites for hydroxylation is 2. The summed E-state index contributed by atoms with van der Waals surface area (Å²) in [5.41, 5.74) is 0. The van der Waals surface area contributed by atoms with E-state index in [-0.39, 0.29) is 5.91 Å². The van der Waals surface area contributed by atoms with Crippen molar-refractivity contribution in [3.63, 3.8) is 0 Å². The fraction of sp³-hybridized carbons (Fsp3) is 0.500. The summed E-state index contributed by atoms with van der Waals surface area (Å²) in [5.74, 6) is 1.21. The van der Waals surface area contributed by atoms with E-state index in [2.05, 4.69) is 33.0 Å². The smallest absolute Gasteiger partial charge is 0.230 e. The lowest BCUT2D eigenvalue weighted by atomic mass is 10.3. The van der Waals surface area contributed by atoms with E-state index in [1.807, 2.05) is 4.57 Å². The Hall–Kier alpha value is -1.34. The van der Waals surface area contributed by atoms with Gasteiger partial charge >= 0.3 is 0 Å². The van der Waals surface area contributed by atoms with Crippen molar-refractivity contribution in [2.75, 3.05) is 12.3 Å². The molecule has 1 amide bonds. The summed E-state index contributed by atoms with van der Waals surface area (Å²) in [7, 11) is 0. The third-order valence-corrected chi connectivity index (χ3v) is 5.29. The van der Waals surface area contributed by atoms with E-state index < -0.39 is 0 Å². The van der Waals surface area contributed by atoms with Gasteiger partial charge in [-0.3, -0.25) is 4.79 Å². The Labute approximate surface area is 132 Å². The first-order valence-electron chi connectivity index (χ1n) is 7.11. The van der Waals surface area contributed by atoms with Crippen molar-refractivity contribution >= 4 is 29.0 Å². The van der Waals surface area contributed by atoms with Crippen LogP contribution in [0.25, 0.3) is 0 Å². The minimum absolute atomic E-state index is 0.0831. The van der Waals surface area contributed by atoms with Crippen LogP contribution >= 0.6 is 23.1 Å². The predicted octanol–water partition coefficient (Wildman–Crippen LogP) is 2.20. The highest BCUT2D eigenvalue weighted by atomic mass is 32.2. The van der Waals surface area contributed by atoms with Crippen molar-refractivity contribution in [1.82, 2.24) is 20.1 Å². The Morgan fingerprint density at radius 1 is 1.52 bits per heavy atom. The number of nitrogens with zero attached hydrogens (tertiary/aromatic N) is 3. The average Bonchev–Trinajstić information content (AvgIpc) is 2.99. The molecule has 1 aliphatic rings. The quantitative estimate of drug-likeness (QED) is 0.757. The van der Waals surface area contributed by atoms with Crippen LogP contribution in [0.15, 0.2) is 29.0 Å². The van der Waals surface area contributed by atoms with E-state index in [1.165, 1.54) is 29.5 Å². The molecule has 0 saturated heterocycles. The van der Waals surface area contributed by atoms with Crippen molar-refractivity contribution in [1.29, 1.82) is 0 Å². The monoisotopic (exact) mass is 322 g/mol. The van der Waals surface area contributed by atoms with Crippen molar-refractivity contribution in [3.05, 3.63) is 28.7 Å². The maximum absolute atomic E-state index is 11.7. The number of rotatable bonds is 8. The van der Waals surface area contributed by atoms with Gasteiger partial charge in [0.15, 0.2) is 5.16 Å². The molecule has 1 fully saturated rings. The SMILES string of the molecule is O=C(CSc1nncn1CCc1cccs1)NCC1CC1. The molecular weight excluding hydrogens is 304 g/mol. The summed E-state index contributed by atoms with van der Waals surface area (Å²) in [6.07, 6.45) is 5.21. The van der Waals surface area contributed by atoms with Gasteiger partial charge in [-0.25, -0.2) is 0 Å². The number of nitrogens with one attached hydrogen (secondary N) is 1. The largest absolute Gasteiger partial charge is 0.355 e. The van der Waals surface area contributed by atoms with Crippen molar-refractivity contribution in [3.8, 4) is 0 Å². The van der Waals surface area contributed by atoms with Gasteiger partial charge < -0.3 is 9.88 Å². The molecule has 2 aromatic rings. The number of hydrogen-bond acceptors (Lipinski definition) is 5. The van der Waals surface area contributed by atoms with Gasteiger partial charge in [0.25, 0.3) is 0 Å². The van der Waals surface area contributed by atoms with Crippen LogP contribution in [0.3, 0.4) is 0 Å². The summed E-state index contributed by atoms with van der Waals surface area (Å²) in [4.78, 5) is 13.1. The van der Waals surface area contributed by atoms with Gasteiger partial charge in [-0.1, -0.05) is 17.8 Å². The Balaban J connectivity index is 1.44. The Kier molecular flexibility index (Phi) is 4.92. The summed E-state index contributed by atoms with van der Waals surface area (Å²) in [6.45, 7) is 1.67. The summed E-state index contributed by atoms with van der Waals surface area (Å²) >= 11 is 3.21. The molecule has 3 rings (SSSR count). The second-order valence-electron chi connectivity index (χ2n) is 5.17. The standard InChI is InChI=1S/C14H18N4OS2/c19-13(15-8-11-3-4-11)9-21-14-17-16-10-18(14)6-5-12-2-1-7-20-12/h1-2,7,10-11H,3-6,8-9H2,(H,15,19). The van der Waals surface area contributed by atoms with Crippen molar-refractivity contribution in [2.24, 2.45) is 5.92 Å². The van der Waals surface area contributed by atoms with Gasteiger partial charge in [-0.2, -0.15) is 0 Å². The molecule has 0 unspecified atom stereocenters. The highest BCUT2D eigenvalue weighted by Gasteiger charge is 2.21. The number of hydrogen-bond donors (Lipinski definition) is 1. The molecule has 0 bridgehead atoms. The van der Waals surface area contributed by atoms with E-state index in [4.69, 9.17) is 0 Å². The molecule has 21 heavy (non-hydrogen) atoms. The first-order valence-corrected chi connectivity index (χ1v) is 8.97. The van der Waals surface area contributed by atoms with Gasteiger partial charge in [0.1, 0.15) is 6.33 Å². The van der Waals surface area contributed by atoms with Crippen LogP contribution in [0.5, 0.6) is 0 Å². The normalized spacial score (nSPS) is 14.3. The molecular formula is C14H18N4OS2. The van der Waals surface area contributed by atoms with Crippen LogP contribution in [-0.2, 0) is 17.8 Å². The summed E-state index contributed by atoms with van der Waals surface area (Å²) in [5, 5.41) is 13.9. The third kappa shape index (κ3) is 4.57. The minimum Gasteiger partial charge on any atom is -0.355 e. The molecule has 0 radical (unpaired) electrons. The van der Waals surface area contributed by atoms with Gasteiger partial charge in [-0.05, 0) is 36.6 Å². The molecule has 0 atom stereocenters. The van der Waals surface area contributed by atoms with E-state index in [0.29, 0.717) is 11.7 Å². The van der Waals surface area contributed by atoms with Gasteiger partial charge in [0, 0.05) is 18.0 Å². The molecule has 0 aromatic carbocycles. The van der Waals surface area contributed by atoms with E-state index in [1.54, 1.807) is 17.7 Å². The average molecular weight is 322 g/mol. The first kappa shape index (κ1) is 14.6. The van der Waals surface area contributed by atoms with Gasteiger partial charge in [0.05, 0.1) is 5.75 Å².